The van der Waals surface area contributed by atoms with Crippen molar-refractivity contribution in [3.8, 4) is 11.5 Å². The lowest BCUT2D eigenvalue weighted by atomic mass is 10.1. The van der Waals surface area contributed by atoms with E-state index >= 15 is 0 Å². The molecule has 0 atom stereocenters. The fraction of sp³-hybridized carbons (Fsp3) is 0.286. The van der Waals surface area contributed by atoms with Gasteiger partial charge in [0.1, 0.15) is 5.75 Å². The van der Waals surface area contributed by atoms with Crippen molar-refractivity contribution in [2.45, 2.75) is 19.4 Å². The number of carbonyl (C=O) groups is 1. The van der Waals surface area contributed by atoms with E-state index in [9.17, 15) is 9.18 Å². The van der Waals surface area contributed by atoms with Gasteiger partial charge < -0.3 is 18.9 Å². The molecular weight excluding hydrogens is 377 g/mol. The SMILES string of the molecule is COc1ccc(CC(=O)N(C)CCc2noc(COc3ccccc3F)n2)cc1. The maximum atomic E-state index is 13.5. The molecule has 0 aliphatic rings. The molecule has 8 heteroatoms. The Balaban J connectivity index is 1.45. The van der Waals surface area contributed by atoms with Crippen molar-refractivity contribution < 1.29 is 23.2 Å². The lowest BCUT2D eigenvalue weighted by molar-refractivity contribution is -0.129. The topological polar surface area (TPSA) is 77.7 Å². The third-order valence-corrected chi connectivity index (χ3v) is 4.31. The van der Waals surface area contributed by atoms with Crippen molar-refractivity contribution in [2.75, 3.05) is 20.7 Å². The molecular formula is C21H22FN3O4. The van der Waals surface area contributed by atoms with Crippen LogP contribution in [0.5, 0.6) is 11.5 Å². The number of halogens is 1. The molecule has 0 saturated carbocycles. The number of likely N-dealkylation sites (N-methyl/N-ethyl adjacent to an activating group) is 1. The molecule has 3 aromatic rings. The average Bonchev–Trinajstić information content (AvgIpc) is 3.20. The number of rotatable bonds is 9. The van der Waals surface area contributed by atoms with Gasteiger partial charge in [-0.1, -0.05) is 29.4 Å². The molecule has 29 heavy (non-hydrogen) atoms. The van der Waals surface area contributed by atoms with Gasteiger partial charge in [-0.25, -0.2) is 4.39 Å². The second-order valence-electron chi connectivity index (χ2n) is 6.41. The third-order valence-electron chi connectivity index (χ3n) is 4.31. The van der Waals surface area contributed by atoms with Gasteiger partial charge >= 0.3 is 0 Å². The smallest absolute Gasteiger partial charge is 0.264 e. The predicted octanol–water partition coefficient (Wildman–Crippen LogP) is 3.04. The van der Waals surface area contributed by atoms with Gasteiger partial charge in [0.2, 0.25) is 5.91 Å². The summed E-state index contributed by atoms with van der Waals surface area (Å²) in [7, 11) is 3.33. The molecule has 152 valence electrons. The van der Waals surface area contributed by atoms with Gasteiger partial charge in [-0.2, -0.15) is 4.98 Å². The van der Waals surface area contributed by atoms with Crippen molar-refractivity contribution in [3.63, 3.8) is 0 Å². The van der Waals surface area contributed by atoms with E-state index in [2.05, 4.69) is 10.1 Å². The van der Waals surface area contributed by atoms with Crippen LogP contribution in [-0.4, -0.2) is 41.6 Å². The van der Waals surface area contributed by atoms with E-state index in [0.29, 0.717) is 25.2 Å². The number of benzene rings is 2. The molecule has 2 aromatic carbocycles. The third kappa shape index (κ3) is 5.78. The minimum atomic E-state index is -0.454. The monoisotopic (exact) mass is 399 g/mol. The fourth-order valence-corrected chi connectivity index (χ4v) is 2.60. The zero-order chi connectivity index (χ0) is 20.6. The molecule has 1 amide bonds. The van der Waals surface area contributed by atoms with Crippen LogP contribution in [-0.2, 0) is 24.2 Å². The Morgan fingerprint density at radius 2 is 1.93 bits per heavy atom. The second-order valence-corrected chi connectivity index (χ2v) is 6.41. The summed E-state index contributed by atoms with van der Waals surface area (Å²) < 4.78 is 29.1. The number of para-hydroxylation sites is 1. The summed E-state index contributed by atoms with van der Waals surface area (Å²) in [6, 6.07) is 13.5. The molecule has 0 N–H and O–H groups in total. The first-order chi connectivity index (χ1) is 14.0. The lowest BCUT2D eigenvalue weighted by Crippen LogP contribution is -2.30. The Labute approximate surface area is 168 Å². The van der Waals surface area contributed by atoms with Crippen LogP contribution in [0.25, 0.3) is 0 Å². The Morgan fingerprint density at radius 3 is 2.66 bits per heavy atom. The zero-order valence-electron chi connectivity index (χ0n) is 16.3. The van der Waals surface area contributed by atoms with Crippen molar-refractivity contribution in [1.29, 1.82) is 0 Å². The number of hydrogen-bond donors (Lipinski definition) is 0. The molecule has 0 spiro atoms. The van der Waals surface area contributed by atoms with Gasteiger partial charge in [-0.3, -0.25) is 4.79 Å². The van der Waals surface area contributed by atoms with E-state index in [0.717, 1.165) is 11.3 Å². The highest BCUT2D eigenvalue weighted by molar-refractivity contribution is 5.78. The standard InChI is InChI=1S/C21H22FN3O4/c1-25(21(26)13-15-7-9-16(27-2)10-8-15)12-11-19-23-20(29-24-19)14-28-18-6-4-3-5-17(18)22/h3-10H,11-14H2,1-2H3. The van der Waals surface area contributed by atoms with Gasteiger partial charge in [-0.05, 0) is 29.8 Å². The summed E-state index contributed by atoms with van der Waals surface area (Å²) in [4.78, 5) is 18.2. The van der Waals surface area contributed by atoms with Crippen LogP contribution in [0.4, 0.5) is 4.39 Å². The van der Waals surface area contributed by atoms with E-state index in [4.69, 9.17) is 14.0 Å². The van der Waals surface area contributed by atoms with E-state index in [-0.39, 0.29) is 24.2 Å². The maximum Gasteiger partial charge on any atom is 0.264 e. The van der Waals surface area contributed by atoms with Crippen LogP contribution in [0.15, 0.2) is 53.1 Å². The highest BCUT2D eigenvalue weighted by Gasteiger charge is 2.13. The normalized spacial score (nSPS) is 10.6. The highest BCUT2D eigenvalue weighted by Crippen LogP contribution is 2.17. The van der Waals surface area contributed by atoms with E-state index in [1.807, 2.05) is 24.3 Å². The summed E-state index contributed by atoms with van der Waals surface area (Å²) in [6.07, 6.45) is 0.739. The van der Waals surface area contributed by atoms with Crippen LogP contribution < -0.4 is 9.47 Å². The molecule has 0 aliphatic carbocycles. The second kappa shape index (κ2) is 9.68. The Hall–Kier alpha value is -3.42. The number of amides is 1. The van der Waals surface area contributed by atoms with Gasteiger partial charge in [0.25, 0.3) is 5.89 Å². The predicted molar refractivity (Wildman–Crippen MR) is 103 cm³/mol. The van der Waals surface area contributed by atoms with Crippen LogP contribution in [0, 0.1) is 5.82 Å². The highest BCUT2D eigenvalue weighted by atomic mass is 19.1. The van der Waals surface area contributed by atoms with Crippen LogP contribution in [0.3, 0.4) is 0 Å². The molecule has 1 heterocycles. The fourth-order valence-electron chi connectivity index (χ4n) is 2.60. The zero-order valence-corrected chi connectivity index (χ0v) is 16.3. The number of methoxy groups -OCH3 is 1. The molecule has 0 fully saturated rings. The maximum absolute atomic E-state index is 13.5. The molecule has 0 unspecified atom stereocenters. The quantitative estimate of drug-likeness (QED) is 0.550. The molecule has 0 saturated heterocycles. The molecule has 1 aromatic heterocycles. The summed E-state index contributed by atoms with van der Waals surface area (Å²) in [5, 5.41) is 3.87. The van der Waals surface area contributed by atoms with Crippen LogP contribution in [0.1, 0.15) is 17.3 Å². The number of carbonyl (C=O) groups excluding carboxylic acids is 1. The molecule has 0 radical (unpaired) electrons. The number of nitrogens with zero attached hydrogens (tertiary/aromatic N) is 3. The summed E-state index contributed by atoms with van der Waals surface area (Å²) in [5.41, 5.74) is 0.912. The first-order valence-corrected chi connectivity index (χ1v) is 9.11. The van der Waals surface area contributed by atoms with Gasteiger partial charge in [0, 0.05) is 20.0 Å². The van der Waals surface area contributed by atoms with Gasteiger partial charge in [-0.15, -0.1) is 0 Å². The van der Waals surface area contributed by atoms with Crippen molar-refractivity contribution in [2.24, 2.45) is 0 Å². The van der Waals surface area contributed by atoms with Gasteiger partial charge in [0.15, 0.2) is 24.0 Å². The minimum absolute atomic E-state index is 0.0122. The minimum Gasteiger partial charge on any atom is -0.497 e. The Bertz CT molecular complexity index is 943. The van der Waals surface area contributed by atoms with E-state index < -0.39 is 5.82 Å². The first kappa shape index (κ1) is 20.3. The summed E-state index contributed by atoms with van der Waals surface area (Å²) in [5.74, 6) is 1.11. The number of ether oxygens (including phenoxy) is 2. The van der Waals surface area contributed by atoms with Crippen molar-refractivity contribution >= 4 is 5.91 Å². The molecule has 7 nitrogen and oxygen atoms in total. The summed E-state index contributed by atoms with van der Waals surface area (Å²) in [6.45, 7) is 0.419. The molecule has 0 bridgehead atoms. The largest absolute Gasteiger partial charge is 0.497 e. The Morgan fingerprint density at radius 1 is 1.17 bits per heavy atom. The van der Waals surface area contributed by atoms with Gasteiger partial charge in [0.05, 0.1) is 13.5 Å². The van der Waals surface area contributed by atoms with Crippen LogP contribution >= 0.6 is 0 Å². The number of aromatic nitrogens is 2. The average molecular weight is 399 g/mol. The lowest BCUT2D eigenvalue weighted by Gasteiger charge is -2.16. The number of hydrogen-bond acceptors (Lipinski definition) is 6. The molecule has 0 aliphatic heterocycles. The first-order valence-electron chi connectivity index (χ1n) is 9.11. The summed E-state index contributed by atoms with van der Waals surface area (Å²) >= 11 is 0. The van der Waals surface area contributed by atoms with E-state index in [1.165, 1.54) is 12.1 Å². The molecule has 3 rings (SSSR count). The van der Waals surface area contributed by atoms with Crippen molar-refractivity contribution in [3.05, 3.63) is 71.6 Å². The van der Waals surface area contributed by atoms with Crippen molar-refractivity contribution in [1.82, 2.24) is 15.0 Å². The van der Waals surface area contributed by atoms with Crippen LogP contribution in [0.2, 0.25) is 0 Å². The van der Waals surface area contributed by atoms with E-state index in [1.54, 1.807) is 31.2 Å². The Kier molecular flexibility index (Phi) is 6.78.